The summed E-state index contributed by atoms with van der Waals surface area (Å²) in [6, 6.07) is 6.79. The van der Waals surface area contributed by atoms with Crippen molar-refractivity contribution in [3.63, 3.8) is 0 Å². The maximum absolute atomic E-state index is 12.9. The molecular formula is C16H21FN4. The van der Waals surface area contributed by atoms with Gasteiger partial charge < -0.3 is 10.6 Å². The summed E-state index contributed by atoms with van der Waals surface area (Å²) in [5.74, 6) is 1.25. The Morgan fingerprint density at radius 2 is 1.95 bits per heavy atom. The third-order valence-corrected chi connectivity index (χ3v) is 3.14. The summed E-state index contributed by atoms with van der Waals surface area (Å²) in [7, 11) is 0. The van der Waals surface area contributed by atoms with Crippen LogP contribution < -0.4 is 10.6 Å². The molecule has 1 aromatic carbocycles. The van der Waals surface area contributed by atoms with Gasteiger partial charge in [-0.05, 0) is 44.9 Å². The average Bonchev–Trinajstić information content (AvgIpc) is 2.45. The minimum absolute atomic E-state index is 0.193. The second-order valence-electron chi connectivity index (χ2n) is 5.13. The minimum Gasteiger partial charge on any atom is -0.367 e. The highest BCUT2D eigenvalue weighted by atomic mass is 19.1. The molecule has 21 heavy (non-hydrogen) atoms. The third kappa shape index (κ3) is 4.41. The van der Waals surface area contributed by atoms with E-state index in [-0.39, 0.29) is 11.9 Å². The first-order valence-electron chi connectivity index (χ1n) is 7.17. The van der Waals surface area contributed by atoms with Gasteiger partial charge in [-0.2, -0.15) is 4.98 Å². The molecular weight excluding hydrogens is 267 g/mol. The first-order chi connectivity index (χ1) is 10.1. The lowest BCUT2D eigenvalue weighted by atomic mass is 10.1. The SMILES string of the molecule is CCNc1ncc(C)c(NC(C)Cc2ccc(F)cc2)n1. The largest absolute Gasteiger partial charge is 0.367 e. The lowest BCUT2D eigenvalue weighted by Gasteiger charge is -2.17. The van der Waals surface area contributed by atoms with Crippen LogP contribution in [0.2, 0.25) is 0 Å². The number of benzene rings is 1. The Balaban J connectivity index is 2.03. The van der Waals surface area contributed by atoms with Crippen LogP contribution >= 0.6 is 0 Å². The highest BCUT2D eigenvalue weighted by molar-refractivity contribution is 5.47. The Hall–Kier alpha value is -2.17. The van der Waals surface area contributed by atoms with E-state index in [0.29, 0.717) is 5.95 Å². The van der Waals surface area contributed by atoms with Gasteiger partial charge in [-0.25, -0.2) is 9.37 Å². The van der Waals surface area contributed by atoms with E-state index in [1.807, 2.05) is 26.0 Å². The quantitative estimate of drug-likeness (QED) is 0.855. The van der Waals surface area contributed by atoms with Gasteiger partial charge in [0.05, 0.1) is 0 Å². The van der Waals surface area contributed by atoms with Gasteiger partial charge >= 0.3 is 0 Å². The van der Waals surface area contributed by atoms with Crippen LogP contribution in [0, 0.1) is 12.7 Å². The first kappa shape index (κ1) is 15.2. The van der Waals surface area contributed by atoms with Crippen molar-refractivity contribution in [2.45, 2.75) is 33.2 Å². The molecule has 0 bridgehead atoms. The molecule has 0 aliphatic rings. The number of hydrogen-bond donors (Lipinski definition) is 2. The van der Waals surface area contributed by atoms with E-state index in [9.17, 15) is 4.39 Å². The van der Waals surface area contributed by atoms with Crippen LogP contribution in [0.5, 0.6) is 0 Å². The zero-order valence-corrected chi connectivity index (χ0v) is 12.7. The Morgan fingerprint density at radius 3 is 2.62 bits per heavy atom. The third-order valence-electron chi connectivity index (χ3n) is 3.14. The number of nitrogens with zero attached hydrogens (tertiary/aromatic N) is 2. The van der Waals surface area contributed by atoms with Gasteiger partial charge in [0.15, 0.2) is 0 Å². The zero-order valence-electron chi connectivity index (χ0n) is 12.7. The first-order valence-corrected chi connectivity index (χ1v) is 7.17. The van der Waals surface area contributed by atoms with E-state index < -0.39 is 0 Å². The number of hydrogen-bond acceptors (Lipinski definition) is 4. The fourth-order valence-electron chi connectivity index (χ4n) is 2.09. The predicted octanol–water partition coefficient (Wildman–Crippen LogP) is 3.40. The smallest absolute Gasteiger partial charge is 0.224 e. The van der Waals surface area contributed by atoms with Crippen molar-refractivity contribution < 1.29 is 4.39 Å². The van der Waals surface area contributed by atoms with Gasteiger partial charge in [-0.3, -0.25) is 0 Å². The van der Waals surface area contributed by atoms with Crippen LogP contribution in [0.3, 0.4) is 0 Å². The maximum atomic E-state index is 12.9. The monoisotopic (exact) mass is 288 g/mol. The number of rotatable bonds is 6. The number of halogens is 1. The fourth-order valence-corrected chi connectivity index (χ4v) is 2.09. The maximum Gasteiger partial charge on any atom is 0.224 e. The van der Waals surface area contributed by atoms with Crippen LogP contribution in [0.15, 0.2) is 30.5 Å². The lowest BCUT2D eigenvalue weighted by Crippen LogP contribution is -2.20. The van der Waals surface area contributed by atoms with Crippen LogP contribution in [0.1, 0.15) is 25.0 Å². The van der Waals surface area contributed by atoms with Crippen LogP contribution in [0.25, 0.3) is 0 Å². The molecule has 1 heterocycles. The van der Waals surface area contributed by atoms with Crippen molar-refractivity contribution >= 4 is 11.8 Å². The lowest BCUT2D eigenvalue weighted by molar-refractivity contribution is 0.626. The molecule has 0 saturated heterocycles. The molecule has 4 nitrogen and oxygen atoms in total. The highest BCUT2D eigenvalue weighted by Gasteiger charge is 2.08. The summed E-state index contributed by atoms with van der Waals surface area (Å²) in [4.78, 5) is 8.69. The topological polar surface area (TPSA) is 49.8 Å². The second kappa shape index (κ2) is 7.02. The molecule has 0 saturated carbocycles. The van der Waals surface area contributed by atoms with E-state index in [1.54, 1.807) is 6.20 Å². The molecule has 0 radical (unpaired) electrons. The molecule has 0 amide bonds. The van der Waals surface area contributed by atoms with Gasteiger partial charge in [0.2, 0.25) is 5.95 Å². The second-order valence-corrected chi connectivity index (χ2v) is 5.13. The summed E-state index contributed by atoms with van der Waals surface area (Å²) in [5, 5.41) is 6.49. The Labute approximate surface area is 124 Å². The summed E-state index contributed by atoms with van der Waals surface area (Å²) >= 11 is 0. The van der Waals surface area contributed by atoms with Crippen molar-refractivity contribution in [1.29, 1.82) is 0 Å². The normalized spacial score (nSPS) is 12.0. The molecule has 0 fully saturated rings. The van der Waals surface area contributed by atoms with Crippen molar-refractivity contribution in [2.24, 2.45) is 0 Å². The molecule has 0 spiro atoms. The molecule has 112 valence electrons. The number of aryl methyl sites for hydroxylation is 1. The van der Waals surface area contributed by atoms with E-state index in [0.717, 1.165) is 29.9 Å². The highest BCUT2D eigenvalue weighted by Crippen LogP contribution is 2.15. The van der Waals surface area contributed by atoms with Crippen molar-refractivity contribution in [2.75, 3.05) is 17.2 Å². The van der Waals surface area contributed by atoms with Crippen LogP contribution in [0.4, 0.5) is 16.2 Å². The minimum atomic E-state index is -0.207. The van der Waals surface area contributed by atoms with E-state index in [4.69, 9.17) is 0 Å². The van der Waals surface area contributed by atoms with E-state index in [2.05, 4.69) is 27.5 Å². The van der Waals surface area contributed by atoms with E-state index in [1.165, 1.54) is 12.1 Å². The van der Waals surface area contributed by atoms with Gasteiger partial charge in [-0.1, -0.05) is 12.1 Å². The van der Waals surface area contributed by atoms with Crippen molar-refractivity contribution in [1.82, 2.24) is 9.97 Å². The number of anilines is 2. The van der Waals surface area contributed by atoms with Crippen molar-refractivity contribution in [3.8, 4) is 0 Å². The zero-order chi connectivity index (χ0) is 15.2. The molecule has 2 aromatic rings. The molecule has 2 N–H and O–H groups in total. The molecule has 0 aliphatic carbocycles. The van der Waals surface area contributed by atoms with Crippen molar-refractivity contribution in [3.05, 3.63) is 47.4 Å². The summed E-state index contributed by atoms with van der Waals surface area (Å²) in [6.07, 6.45) is 2.61. The number of aromatic nitrogens is 2. The molecule has 1 unspecified atom stereocenters. The fraction of sp³-hybridized carbons (Fsp3) is 0.375. The summed E-state index contributed by atoms with van der Waals surface area (Å²) in [6.45, 7) is 6.85. The summed E-state index contributed by atoms with van der Waals surface area (Å²) < 4.78 is 12.9. The standard InChI is InChI=1S/C16H21FN4/c1-4-18-16-19-10-11(2)15(21-16)20-12(3)9-13-5-7-14(17)8-6-13/h5-8,10,12H,4,9H2,1-3H3,(H2,18,19,20,21). The number of nitrogens with one attached hydrogen (secondary N) is 2. The molecule has 1 atom stereocenters. The van der Waals surface area contributed by atoms with Crippen LogP contribution in [-0.2, 0) is 6.42 Å². The predicted molar refractivity (Wildman–Crippen MR) is 84.1 cm³/mol. The Morgan fingerprint density at radius 1 is 1.24 bits per heavy atom. The Bertz CT molecular complexity index is 583. The molecule has 5 heteroatoms. The molecule has 2 rings (SSSR count). The van der Waals surface area contributed by atoms with Gasteiger partial charge in [0.25, 0.3) is 0 Å². The van der Waals surface area contributed by atoms with Gasteiger partial charge in [0, 0.05) is 24.3 Å². The summed E-state index contributed by atoms with van der Waals surface area (Å²) in [5.41, 5.74) is 2.10. The van der Waals surface area contributed by atoms with Crippen LogP contribution in [-0.4, -0.2) is 22.6 Å². The average molecular weight is 288 g/mol. The van der Waals surface area contributed by atoms with E-state index >= 15 is 0 Å². The van der Waals surface area contributed by atoms with Gasteiger partial charge in [0.1, 0.15) is 11.6 Å². The van der Waals surface area contributed by atoms with Gasteiger partial charge in [-0.15, -0.1) is 0 Å². The molecule has 1 aromatic heterocycles. The molecule has 0 aliphatic heterocycles. The Kier molecular flexibility index (Phi) is 5.09.